The SMILES string of the molecule is COc1ccc(C(CNC(=O)C(C)NC(=O)c2cccc(C)c2)N2CCCC2)cc1. The summed E-state index contributed by atoms with van der Waals surface area (Å²) in [4.78, 5) is 27.5. The lowest BCUT2D eigenvalue weighted by molar-refractivity contribution is -0.122. The number of aryl methyl sites for hydroxylation is 1. The Morgan fingerprint density at radius 3 is 2.43 bits per heavy atom. The number of hydrogen-bond acceptors (Lipinski definition) is 4. The number of methoxy groups -OCH3 is 1. The molecule has 1 aliphatic heterocycles. The van der Waals surface area contributed by atoms with Gasteiger partial charge in [-0.15, -0.1) is 0 Å². The van der Waals surface area contributed by atoms with Crippen LogP contribution in [-0.2, 0) is 4.79 Å². The van der Waals surface area contributed by atoms with Crippen LogP contribution < -0.4 is 15.4 Å². The standard InChI is InChI=1S/C24H31N3O3/c1-17-7-6-8-20(15-17)24(29)26-18(2)23(28)25-16-22(27-13-4-5-14-27)19-9-11-21(30-3)12-10-19/h6-12,15,18,22H,4-5,13-14,16H2,1-3H3,(H,25,28)(H,26,29). The second-order valence-electron chi connectivity index (χ2n) is 7.84. The molecular formula is C24H31N3O3. The molecule has 2 amide bonds. The van der Waals surface area contributed by atoms with Crippen molar-refractivity contribution < 1.29 is 14.3 Å². The number of ether oxygens (including phenoxy) is 1. The molecule has 1 fully saturated rings. The Kier molecular flexibility index (Phi) is 7.46. The third-order valence-electron chi connectivity index (χ3n) is 5.57. The molecule has 0 aromatic heterocycles. The molecule has 0 aliphatic carbocycles. The zero-order valence-corrected chi connectivity index (χ0v) is 18.0. The first-order chi connectivity index (χ1) is 14.5. The minimum absolute atomic E-state index is 0.0991. The molecule has 1 saturated heterocycles. The van der Waals surface area contributed by atoms with Crippen LogP contribution in [0.15, 0.2) is 48.5 Å². The van der Waals surface area contributed by atoms with E-state index < -0.39 is 6.04 Å². The van der Waals surface area contributed by atoms with Crippen molar-refractivity contribution in [1.29, 1.82) is 0 Å². The van der Waals surface area contributed by atoms with E-state index in [4.69, 9.17) is 4.74 Å². The lowest BCUT2D eigenvalue weighted by atomic mass is 10.0. The van der Waals surface area contributed by atoms with E-state index in [0.29, 0.717) is 12.1 Å². The number of nitrogens with zero attached hydrogens (tertiary/aromatic N) is 1. The van der Waals surface area contributed by atoms with Crippen molar-refractivity contribution in [2.24, 2.45) is 0 Å². The molecule has 30 heavy (non-hydrogen) atoms. The summed E-state index contributed by atoms with van der Waals surface area (Å²) in [6.07, 6.45) is 2.34. The number of carbonyl (C=O) groups excluding carboxylic acids is 2. The van der Waals surface area contributed by atoms with E-state index >= 15 is 0 Å². The van der Waals surface area contributed by atoms with E-state index in [1.165, 1.54) is 12.8 Å². The summed E-state index contributed by atoms with van der Waals surface area (Å²) in [5.74, 6) is 0.386. The van der Waals surface area contributed by atoms with Crippen LogP contribution in [0.5, 0.6) is 5.75 Å². The van der Waals surface area contributed by atoms with Gasteiger partial charge in [-0.05, 0) is 69.6 Å². The fraction of sp³-hybridized carbons (Fsp3) is 0.417. The van der Waals surface area contributed by atoms with Crippen LogP contribution in [0, 0.1) is 6.92 Å². The Morgan fingerprint density at radius 1 is 1.10 bits per heavy atom. The van der Waals surface area contributed by atoms with Crippen LogP contribution in [-0.4, -0.2) is 49.5 Å². The second-order valence-corrected chi connectivity index (χ2v) is 7.84. The highest BCUT2D eigenvalue weighted by Gasteiger charge is 2.25. The van der Waals surface area contributed by atoms with Crippen molar-refractivity contribution in [3.8, 4) is 5.75 Å². The molecule has 160 valence electrons. The van der Waals surface area contributed by atoms with Crippen LogP contribution in [0.1, 0.15) is 47.3 Å². The van der Waals surface area contributed by atoms with E-state index in [2.05, 4.69) is 27.7 Å². The average Bonchev–Trinajstić information content (AvgIpc) is 3.28. The van der Waals surface area contributed by atoms with Gasteiger partial charge in [-0.3, -0.25) is 14.5 Å². The van der Waals surface area contributed by atoms with Gasteiger partial charge >= 0.3 is 0 Å². The number of benzene rings is 2. The summed E-state index contributed by atoms with van der Waals surface area (Å²) in [5.41, 5.74) is 2.71. The van der Waals surface area contributed by atoms with Gasteiger partial charge in [0.25, 0.3) is 5.91 Å². The topological polar surface area (TPSA) is 70.7 Å². The summed E-state index contributed by atoms with van der Waals surface area (Å²) in [7, 11) is 1.65. The zero-order chi connectivity index (χ0) is 21.5. The van der Waals surface area contributed by atoms with E-state index in [1.807, 2.05) is 37.3 Å². The number of hydrogen-bond donors (Lipinski definition) is 2. The van der Waals surface area contributed by atoms with Gasteiger partial charge in [-0.1, -0.05) is 29.8 Å². The first-order valence-corrected chi connectivity index (χ1v) is 10.5. The van der Waals surface area contributed by atoms with Gasteiger partial charge in [0, 0.05) is 12.1 Å². The summed E-state index contributed by atoms with van der Waals surface area (Å²) >= 11 is 0. The molecule has 1 heterocycles. The van der Waals surface area contributed by atoms with Gasteiger partial charge in [0.05, 0.1) is 13.2 Å². The van der Waals surface area contributed by atoms with Gasteiger partial charge in [0.15, 0.2) is 0 Å². The molecule has 2 unspecified atom stereocenters. The van der Waals surface area contributed by atoms with Crippen LogP contribution in [0.2, 0.25) is 0 Å². The minimum atomic E-state index is -0.617. The van der Waals surface area contributed by atoms with Crippen LogP contribution in [0.25, 0.3) is 0 Å². The van der Waals surface area contributed by atoms with Gasteiger partial charge < -0.3 is 15.4 Å². The number of rotatable bonds is 8. The summed E-state index contributed by atoms with van der Waals surface area (Å²) in [6, 6.07) is 14.8. The number of nitrogens with one attached hydrogen (secondary N) is 2. The van der Waals surface area contributed by atoms with Crippen molar-refractivity contribution in [2.45, 2.75) is 38.8 Å². The lowest BCUT2D eigenvalue weighted by Crippen LogP contribution is -2.47. The van der Waals surface area contributed by atoms with E-state index in [0.717, 1.165) is 30.0 Å². The second kappa shape index (κ2) is 10.3. The molecule has 0 bridgehead atoms. The molecular weight excluding hydrogens is 378 g/mol. The largest absolute Gasteiger partial charge is 0.497 e. The number of likely N-dealkylation sites (tertiary alicyclic amines) is 1. The van der Waals surface area contributed by atoms with Gasteiger partial charge in [0.1, 0.15) is 11.8 Å². The van der Waals surface area contributed by atoms with Crippen molar-refractivity contribution in [3.63, 3.8) is 0 Å². The van der Waals surface area contributed by atoms with Crippen molar-refractivity contribution in [2.75, 3.05) is 26.7 Å². The predicted octanol–water partition coefficient (Wildman–Crippen LogP) is 3.08. The Morgan fingerprint density at radius 2 is 1.80 bits per heavy atom. The fourth-order valence-corrected chi connectivity index (χ4v) is 3.82. The van der Waals surface area contributed by atoms with Gasteiger partial charge in [-0.25, -0.2) is 0 Å². The number of amides is 2. The van der Waals surface area contributed by atoms with Crippen molar-refractivity contribution in [1.82, 2.24) is 15.5 Å². The van der Waals surface area contributed by atoms with Crippen LogP contribution in [0.4, 0.5) is 0 Å². The maximum Gasteiger partial charge on any atom is 0.251 e. The maximum atomic E-state index is 12.7. The first-order valence-electron chi connectivity index (χ1n) is 10.5. The van der Waals surface area contributed by atoms with E-state index in [-0.39, 0.29) is 17.9 Å². The molecule has 2 atom stereocenters. The van der Waals surface area contributed by atoms with Gasteiger partial charge in [-0.2, -0.15) is 0 Å². The molecule has 0 spiro atoms. The van der Waals surface area contributed by atoms with Crippen LogP contribution >= 0.6 is 0 Å². The zero-order valence-electron chi connectivity index (χ0n) is 18.0. The maximum absolute atomic E-state index is 12.7. The molecule has 6 nitrogen and oxygen atoms in total. The van der Waals surface area contributed by atoms with E-state index in [9.17, 15) is 9.59 Å². The highest BCUT2D eigenvalue weighted by atomic mass is 16.5. The molecule has 0 saturated carbocycles. The fourth-order valence-electron chi connectivity index (χ4n) is 3.82. The van der Waals surface area contributed by atoms with Crippen molar-refractivity contribution >= 4 is 11.8 Å². The van der Waals surface area contributed by atoms with Crippen LogP contribution in [0.3, 0.4) is 0 Å². The smallest absolute Gasteiger partial charge is 0.251 e. The normalized spacial score (nSPS) is 16.0. The summed E-state index contributed by atoms with van der Waals surface area (Å²) in [5, 5.41) is 5.82. The molecule has 3 rings (SSSR count). The third kappa shape index (κ3) is 5.60. The minimum Gasteiger partial charge on any atom is -0.497 e. The molecule has 2 aromatic carbocycles. The Labute approximate surface area is 178 Å². The quantitative estimate of drug-likeness (QED) is 0.703. The first kappa shape index (κ1) is 21.8. The highest BCUT2D eigenvalue weighted by molar-refractivity contribution is 5.97. The Balaban J connectivity index is 1.60. The van der Waals surface area contributed by atoms with Crippen molar-refractivity contribution in [3.05, 3.63) is 65.2 Å². The average molecular weight is 410 g/mol. The Hall–Kier alpha value is -2.86. The molecule has 6 heteroatoms. The summed E-state index contributed by atoms with van der Waals surface area (Å²) < 4.78 is 5.26. The molecule has 1 aliphatic rings. The molecule has 2 aromatic rings. The number of carbonyl (C=O) groups is 2. The van der Waals surface area contributed by atoms with Gasteiger partial charge in [0.2, 0.25) is 5.91 Å². The third-order valence-corrected chi connectivity index (χ3v) is 5.57. The predicted molar refractivity (Wildman–Crippen MR) is 118 cm³/mol. The summed E-state index contributed by atoms with van der Waals surface area (Å²) in [6.45, 7) is 6.18. The van der Waals surface area contributed by atoms with E-state index in [1.54, 1.807) is 20.1 Å². The highest BCUT2D eigenvalue weighted by Crippen LogP contribution is 2.26. The monoisotopic (exact) mass is 409 g/mol. The lowest BCUT2D eigenvalue weighted by Gasteiger charge is -2.29. The molecule has 0 radical (unpaired) electrons. The molecule has 2 N–H and O–H groups in total. The Bertz CT molecular complexity index is 860.